The fourth-order valence-electron chi connectivity index (χ4n) is 3.23. The van der Waals surface area contributed by atoms with Crippen molar-refractivity contribution in [3.8, 4) is 0 Å². The summed E-state index contributed by atoms with van der Waals surface area (Å²) in [6.07, 6.45) is 26.1. The van der Waals surface area contributed by atoms with Crippen molar-refractivity contribution in [1.82, 2.24) is 4.90 Å². The van der Waals surface area contributed by atoms with Gasteiger partial charge < -0.3 is 4.90 Å². The van der Waals surface area contributed by atoms with Gasteiger partial charge in [-0.25, -0.2) is 0 Å². The van der Waals surface area contributed by atoms with Crippen molar-refractivity contribution >= 4 is 5.91 Å². The van der Waals surface area contributed by atoms with Crippen LogP contribution in [0, 0.1) is 0 Å². The maximum atomic E-state index is 11.9. The van der Waals surface area contributed by atoms with Gasteiger partial charge in [-0.3, -0.25) is 4.79 Å². The lowest BCUT2D eigenvalue weighted by Crippen LogP contribution is -2.27. The fraction of sp³-hybridized carbons (Fsp3) is 0.773. The molecule has 2 nitrogen and oxygen atoms in total. The van der Waals surface area contributed by atoms with Crippen LogP contribution in [0.15, 0.2) is 24.3 Å². The van der Waals surface area contributed by atoms with Crippen molar-refractivity contribution in [3.63, 3.8) is 0 Å². The summed E-state index contributed by atoms with van der Waals surface area (Å²) in [5.74, 6) is 0.386. The van der Waals surface area contributed by atoms with E-state index in [2.05, 4.69) is 31.2 Å². The van der Waals surface area contributed by atoms with Gasteiger partial charge in [-0.15, -0.1) is 0 Å². The minimum absolute atomic E-state index is 0.386. The minimum atomic E-state index is 0.386. The smallest absolute Gasteiger partial charge is 0.222 e. The molecule has 0 atom stereocenters. The number of hydrogen-bond donors (Lipinski definition) is 0. The molecule has 0 aromatic heterocycles. The average Bonchev–Trinajstić information content (AvgIpc) is 3.13. The molecule has 0 spiro atoms. The van der Waals surface area contributed by atoms with E-state index < -0.39 is 0 Å². The first-order valence-electron chi connectivity index (χ1n) is 10.4. The Bertz CT molecular complexity index is 353. The molecule has 138 valence electrons. The quantitative estimate of drug-likeness (QED) is 0.265. The Balaban J connectivity index is 1.82. The third-order valence-electron chi connectivity index (χ3n) is 4.83. The van der Waals surface area contributed by atoms with Gasteiger partial charge in [-0.2, -0.15) is 0 Å². The number of hydrogen-bond acceptors (Lipinski definition) is 1. The number of unbranched alkanes of at least 4 members (excludes halogenated alkanes) is 9. The molecular weight excluding hydrogens is 294 g/mol. The van der Waals surface area contributed by atoms with Gasteiger partial charge >= 0.3 is 0 Å². The van der Waals surface area contributed by atoms with Crippen LogP contribution in [0.3, 0.4) is 0 Å². The second-order valence-electron chi connectivity index (χ2n) is 7.10. The highest BCUT2D eigenvalue weighted by molar-refractivity contribution is 5.76. The summed E-state index contributed by atoms with van der Waals surface area (Å²) in [5.41, 5.74) is 0. The third kappa shape index (κ3) is 11.5. The molecule has 1 aliphatic heterocycles. The predicted octanol–water partition coefficient (Wildman–Crippen LogP) is 6.42. The first kappa shape index (κ1) is 21.0. The first-order valence-corrected chi connectivity index (χ1v) is 10.4. The lowest BCUT2D eigenvalue weighted by molar-refractivity contribution is -0.130. The number of nitrogens with zero attached hydrogens (tertiary/aromatic N) is 1. The lowest BCUT2D eigenvalue weighted by Gasteiger charge is -2.14. The number of carbonyl (C=O) groups is 1. The Kier molecular flexibility index (Phi) is 13.5. The lowest BCUT2D eigenvalue weighted by atomic mass is 10.1. The summed E-state index contributed by atoms with van der Waals surface area (Å²) >= 11 is 0. The molecular formula is C22H39NO. The van der Waals surface area contributed by atoms with E-state index in [0.717, 1.165) is 25.9 Å². The molecule has 2 heteroatoms. The molecule has 24 heavy (non-hydrogen) atoms. The largest absolute Gasteiger partial charge is 0.343 e. The molecule has 0 aromatic carbocycles. The standard InChI is InChI=1S/C22H39NO/c1-2-3-4-5-6-7-8-9-10-11-12-13-14-15-16-19-22(24)23-20-17-18-21-23/h7-10H,2-6,11-21H2,1H3/b8-7-,10-9-. The summed E-state index contributed by atoms with van der Waals surface area (Å²) in [7, 11) is 0. The average molecular weight is 334 g/mol. The summed E-state index contributed by atoms with van der Waals surface area (Å²) < 4.78 is 0. The summed E-state index contributed by atoms with van der Waals surface area (Å²) in [5, 5.41) is 0. The fourth-order valence-corrected chi connectivity index (χ4v) is 3.23. The van der Waals surface area contributed by atoms with E-state index in [-0.39, 0.29) is 0 Å². The normalized spacial score (nSPS) is 15.1. The molecule has 1 rings (SSSR count). The zero-order chi connectivity index (χ0) is 17.3. The number of likely N-dealkylation sites (tertiary alicyclic amines) is 1. The molecule has 1 saturated heterocycles. The van der Waals surface area contributed by atoms with Crippen LogP contribution in [-0.4, -0.2) is 23.9 Å². The van der Waals surface area contributed by atoms with Gasteiger partial charge in [0.2, 0.25) is 5.91 Å². The van der Waals surface area contributed by atoms with Crippen LogP contribution >= 0.6 is 0 Å². The van der Waals surface area contributed by atoms with E-state index >= 15 is 0 Å². The van der Waals surface area contributed by atoms with Gasteiger partial charge in [0.15, 0.2) is 0 Å². The van der Waals surface area contributed by atoms with Gasteiger partial charge in [0.1, 0.15) is 0 Å². The minimum Gasteiger partial charge on any atom is -0.343 e. The van der Waals surface area contributed by atoms with Crippen LogP contribution in [0.1, 0.15) is 96.8 Å². The monoisotopic (exact) mass is 333 g/mol. The highest BCUT2D eigenvalue weighted by Gasteiger charge is 2.16. The summed E-state index contributed by atoms with van der Waals surface area (Å²) in [6.45, 7) is 4.25. The van der Waals surface area contributed by atoms with Gasteiger partial charge in [0, 0.05) is 19.5 Å². The van der Waals surface area contributed by atoms with Gasteiger partial charge in [0.25, 0.3) is 0 Å². The Morgan fingerprint density at radius 2 is 1.33 bits per heavy atom. The Morgan fingerprint density at radius 1 is 0.792 bits per heavy atom. The van der Waals surface area contributed by atoms with Crippen LogP contribution < -0.4 is 0 Å². The molecule has 0 aliphatic carbocycles. The van der Waals surface area contributed by atoms with Crippen LogP contribution in [0.5, 0.6) is 0 Å². The molecule has 0 aromatic rings. The number of rotatable bonds is 14. The molecule has 0 N–H and O–H groups in total. The van der Waals surface area contributed by atoms with E-state index in [1.165, 1.54) is 77.0 Å². The number of carbonyl (C=O) groups excluding carboxylic acids is 1. The summed E-state index contributed by atoms with van der Waals surface area (Å²) in [6, 6.07) is 0. The van der Waals surface area contributed by atoms with E-state index in [9.17, 15) is 4.79 Å². The van der Waals surface area contributed by atoms with Crippen molar-refractivity contribution < 1.29 is 4.79 Å². The predicted molar refractivity (Wildman–Crippen MR) is 105 cm³/mol. The van der Waals surface area contributed by atoms with Crippen molar-refractivity contribution in [2.75, 3.05) is 13.1 Å². The van der Waals surface area contributed by atoms with Crippen molar-refractivity contribution in [1.29, 1.82) is 0 Å². The van der Waals surface area contributed by atoms with Crippen molar-refractivity contribution in [3.05, 3.63) is 24.3 Å². The Hall–Kier alpha value is -1.05. The van der Waals surface area contributed by atoms with Gasteiger partial charge in [-0.05, 0) is 44.9 Å². The molecule has 0 bridgehead atoms. The maximum absolute atomic E-state index is 11.9. The Morgan fingerprint density at radius 3 is 1.96 bits per heavy atom. The zero-order valence-electron chi connectivity index (χ0n) is 16.0. The van der Waals surface area contributed by atoms with Crippen LogP contribution in [0.4, 0.5) is 0 Å². The maximum Gasteiger partial charge on any atom is 0.222 e. The highest BCUT2D eigenvalue weighted by Crippen LogP contribution is 2.12. The van der Waals surface area contributed by atoms with Crippen LogP contribution in [0.25, 0.3) is 0 Å². The first-order chi connectivity index (χ1) is 11.8. The van der Waals surface area contributed by atoms with E-state index in [1.807, 2.05) is 4.90 Å². The zero-order valence-corrected chi connectivity index (χ0v) is 16.0. The van der Waals surface area contributed by atoms with E-state index in [4.69, 9.17) is 0 Å². The van der Waals surface area contributed by atoms with Gasteiger partial charge in [-0.1, -0.05) is 69.8 Å². The molecule has 0 saturated carbocycles. The topological polar surface area (TPSA) is 20.3 Å². The SMILES string of the molecule is CCCCCC/C=C\C=C/CCCCCCCC(=O)N1CCCC1. The van der Waals surface area contributed by atoms with Crippen molar-refractivity contribution in [2.45, 2.75) is 96.8 Å². The van der Waals surface area contributed by atoms with Crippen LogP contribution in [-0.2, 0) is 4.79 Å². The van der Waals surface area contributed by atoms with E-state index in [1.54, 1.807) is 0 Å². The molecule has 1 fully saturated rings. The third-order valence-corrected chi connectivity index (χ3v) is 4.83. The van der Waals surface area contributed by atoms with Gasteiger partial charge in [0.05, 0.1) is 0 Å². The highest BCUT2D eigenvalue weighted by atomic mass is 16.2. The van der Waals surface area contributed by atoms with Crippen molar-refractivity contribution in [2.24, 2.45) is 0 Å². The Labute approximate surface area is 150 Å². The summed E-state index contributed by atoms with van der Waals surface area (Å²) in [4.78, 5) is 13.9. The van der Waals surface area contributed by atoms with E-state index in [0.29, 0.717) is 5.91 Å². The molecule has 1 aliphatic rings. The molecule has 1 amide bonds. The van der Waals surface area contributed by atoms with Crippen LogP contribution in [0.2, 0.25) is 0 Å². The number of amides is 1. The molecule has 1 heterocycles. The number of allylic oxidation sites excluding steroid dienone is 4. The second-order valence-corrected chi connectivity index (χ2v) is 7.10. The second kappa shape index (κ2) is 15.5. The molecule has 0 radical (unpaired) electrons. The molecule has 0 unspecified atom stereocenters.